The van der Waals surface area contributed by atoms with E-state index in [1.165, 1.54) is 11.3 Å². The van der Waals surface area contributed by atoms with Gasteiger partial charge < -0.3 is 9.67 Å². The highest BCUT2D eigenvalue weighted by molar-refractivity contribution is 5.87. The van der Waals surface area contributed by atoms with Gasteiger partial charge in [0.15, 0.2) is 0 Å². The highest BCUT2D eigenvalue weighted by Crippen LogP contribution is 2.31. The van der Waals surface area contributed by atoms with E-state index in [1.54, 1.807) is 6.20 Å². The Balaban J connectivity index is 0.00000208. The number of aryl methyl sites for hydroxylation is 1. The second-order valence-electron chi connectivity index (χ2n) is 5.91. The molecule has 1 aromatic carbocycles. The lowest BCUT2D eigenvalue weighted by molar-refractivity contribution is 0.175. The van der Waals surface area contributed by atoms with Crippen molar-refractivity contribution in [2.75, 3.05) is 0 Å². The first-order chi connectivity index (χ1) is 11.1. The molecule has 1 N–H and O–H groups in total. The largest absolute Gasteiger partial charge is 0.386 e. The van der Waals surface area contributed by atoms with E-state index < -0.39 is 6.10 Å². The Hall–Kier alpha value is -2.10. The SMILES string of the molecule is C=CCn1c(C)c(C)c2ccnc(C(O)Cc3ccccc3)c21.Cl. The molecule has 0 saturated heterocycles. The summed E-state index contributed by atoms with van der Waals surface area (Å²) in [5.41, 5.74) is 5.29. The van der Waals surface area contributed by atoms with Crippen LogP contribution in [0.15, 0.2) is 55.3 Å². The van der Waals surface area contributed by atoms with E-state index in [0.29, 0.717) is 13.0 Å². The third-order valence-electron chi connectivity index (χ3n) is 4.47. The van der Waals surface area contributed by atoms with Crippen LogP contribution in [-0.4, -0.2) is 14.7 Å². The smallest absolute Gasteiger partial charge is 0.102 e. The summed E-state index contributed by atoms with van der Waals surface area (Å²) < 4.78 is 2.19. The van der Waals surface area contributed by atoms with Crippen LogP contribution in [-0.2, 0) is 13.0 Å². The van der Waals surface area contributed by atoms with Crippen LogP contribution < -0.4 is 0 Å². The lowest BCUT2D eigenvalue weighted by atomic mass is 10.0. The number of pyridine rings is 1. The lowest BCUT2D eigenvalue weighted by Crippen LogP contribution is -2.08. The molecule has 0 saturated carbocycles. The Bertz CT molecular complexity index is 840. The number of hydrogen-bond donors (Lipinski definition) is 1. The number of benzene rings is 1. The highest BCUT2D eigenvalue weighted by atomic mass is 35.5. The van der Waals surface area contributed by atoms with Crippen LogP contribution >= 0.6 is 12.4 Å². The van der Waals surface area contributed by atoms with E-state index in [4.69, 9.17) is 0 Å². The predicted molar refractivity (Wildman–Crippen MR) is 102 cm³/mol. The van der Waals surface area contributed by atoms with Gasteiger partial charge >= 0.3 is 0 Å². The Kier molecular flexibility index (Phi) is 5.81. The fourth-order valence-electron chi connectivity index (χ4n) is 3.16. The van der Waals surface area contributed by atoms with Gasteiger partial charge in [-0.15, -0.1) is 19.0 Å². The molecule has 1 unspecified atom stereocenters. The molecule has 1 atom stereocenters. The molecule has 4 heteroatoms. The quantitative estimate of drug-likeness (QED) is 0.691. The van der Waals surface area contributed by atoms with Crippen LogP contribution in [0.25, 0.3) is 10.9 Å². The van der Waals surface area contributed by atoms with Gasteiger partial charge in [-0.25, -0.2) is 0 Å². The average molecular weight is 343 g/mol. The van der Waals surface area contributed by atoms with Crippen molar-refractivity contribution in [2.24, 2.45) is 0 Å². The standard InChI is InChI=1S/C20H22N2O.ClH/c1-4-12-22-15(3)14(2)17-10-11-21-19(20(17)22)18(23)13-16-8-6-5-7-9-16;/h4-11,18,23H,1,12-13H2,2-3H3;1H. The topological polar surface area (TPSA) is 38.0 Å². The molecule has 0 radical (unpaired) electrons. The number of rotatable bonds is 5. The predicted octanol–water partition coefficient (Wildman–Crippen LogP) is 4.54. The van der Waals surface area contributed by atoms with Gasteiger partial charge in [0.05, 0.1) is 11.2 Å². The van der Waals surface area contributed by atoms with E-state index >= 15 is 0 Å². The molecule has 0 spiro atoms. The number of allylic oxidation sites excluding steroid dienone is 1. The summed E-state index contributed by atoms with van der Waals surface area (Å²) in [6.45, 7) is 8.79. The number of halogens is 1. The number of nitrogens with zero attached hydrogens (tertiary/aromatic N) is 2. The lowest BCUT2D eigenvalue weighted by Gasteiger charge is -2.14. The zero-order chi connectivity index (χ0) is 16.4. The molecule has 3 rings (SSSR count). The summed E-state index contributed by atoms with van der Waals surface area (Å²) in [4.78, 5) is 4.50. The normalized spacial score (nSPS) is 12.0. The van der Waals surface area contributed by atoms with Crippen LogP contribution in [0.2, 0.25) is 0 Å². The molecule has 3 aromatic rings. The van der Waals surface area contributed by atoms with Crippen molar-refractivity contribution < 1.29 is 5.11 Å². The van der Waals surface area contributed by atoms with Crippen LogP contribution in [0.5, 0.6) is 0 Å². The molecule has 2 heterocycles. The summed E-state index contributed by atoms with van der Waals surface area (Å²) in [6.07, 6.45) is 3.60. The summed E-state index contributed by atoms with van der Waals surface area (Å²) in [5, 5.41) is 11.9. The first-order valence-corrected chi connectivity index (χ1v) is 7.90. The van der Waals surface area contributed by atoms with Crippen molar-refractivity contribution in [3.8, 4) is 0 Å². The van der Waals surface area contributed by atoms with Gasteiger partial charge in [-0.1, -0.05) is 36.4 Å². The molecule has 126 valence electrons. The third-order valence-corrected chi connectivity index (χ3v) is 4.47. The second-order valence-corrected chi connectivity index (χ2v) is 5.91. The van der Waals surface area contributed by atoms with Gasteiger partial charge in [0.25, 0.3) is 0 Å². The van der Waals surface area contributed by atoms with Crippen molar-refractivity contribution in [2.45, 2.75) is 32.9 Å². The molecule has 2 aromatic heterocycles. The summed E-state index contributed by atoms with van der Waals surface area (Å²) in [6, 6.07) is 12.0. The maximum Gasteiger partial charge on any atom is 0.102 e. The average Bonchev–Trinajstić information content (AvgIpc) is 2.81. The number of aliphatic hydroxyl groups excluding tert-OH is 1. The van der Waals surface area contributed by atoms with Gasteiger partial charge in [0, 0.05) is 30.2 Å². The molecular weight excluding hydrogens is 320 g/mol. The molecule has 0 aliphatic rings. The van der Waals surface area contributed by atoms with Gasteiger partial charge in [0.1, 0.15) is 6.10 Å². The molecule has 0 aliphatic carbocycles. The monoisotopic (exact) mass is 342 g/mol. The zero-order valence-electron chi connectivity index (χ0n) is 14.1. The van der Waals surface area contributed by atoms with Crippen LogP contribution in [0.4, 0.5) is 0 Å². The number of fused-ring (bicyclic) bond motifs is 1. The van der Waals surface area contributed by atoms with Crippen LogP contribution in [0.1, 0.15) is 28.6 Å². The maximum atomic E-state index is 10.8. The van der Waals surface area contributed by atoms with E-state index in [9.17, 15) is 5.11 Å². The van der Waals surface area contributed by atoms with Crippen molar-refractivity contribution in [1.82, 2.24) is 9.55 Å². The molecule has 0 bridgehead atoms. The van der Waals surface area contributed by atoms with Gasteiger partial charge in [-0.2, -0.15) is 0 Å². The van der Waals surface area contributed by atoms with E-state index in [1.807, 2.05) is 42.5 Å². The maximum absolute atomic E-state index is 10.8. The van der Waals surface area contributed by atoms with Crippen molar-refractivity contribution in [3.05, 3.63) is 77.8 Å². The molecule has 0 amide bonds. The van der Waals surface area contributed by atoms with Crippen molar-refractivity contribution >= 4 is 23.3 Å². The van der Waals surface area contributed by atoms with E-state index in [-0.39, 0.29) is 12.4 Å². The Morgan fingerprint density at radius 3 is 2.58 bits per heavy atom. The molecule has 0 fully saturated rings. The van der Waals surface area contributed by atoms with Crippen molar-refractivity contribution in [1.29, 1.82) is 0 Å². The molecule has 0 aliphatic heterocycles. The van der Waals surface area contributed by atoms with Crippen LogP contribution in [0.3, 0.4) is 0 Å². The van der Waals surface area contributed by atoms with Gasteiger partial charge in [0.2, 0.25) is 0 Å². The zero-order valence-corrected chi connectivity index (χ0v) is 14.9. The third kappa shape index (κ3) is 3.23. The van der Waals surface area contributed by atoms with Crippen LogP contribution in [0, 0.1) is 13.8 Å². The Morgan fingerprint density at radius 1 is 1.21 bits per heavy atom. The minimum Gasteiger partial charge on any atom is -0.386 e. The Labute approximate surface area is 149 Å². The Morgan fingerprint density at radius 2 is 1.92 bits per heavy atom. The van der Waals surface area contributed by atoms with E-state index in [2.05, 4.69) is 30.0 Å². The summed E-state index contributed by atoms with van der Waals surface area (Å²) in [5.74, 6) is 0. The number of aliphatic hydroxyl groups is 1. The van der Waals surface area contributed by atoms with Gasteiger partial charge in [-0.05, 0) is 31.0 Å². The highest BCUT2D eigenvalue weighted by Gasteiger charge is 2.19. The first kappa shape index (κ1) is 18.2. The summed E-state index contributed by atoms with van der Waals surface area (Å²) >= 11 is 0. The molecular formula is C20H23ClN2O. The number of hydrogen-bond acceptors (Lipinski definition) is 2. The fraction of sp³-hybridized carbons (Fsp3) is 0.250. The van der Waals surface area contributed by atoms with Gasteiger partial charge in [-0.3, -0.25) is 4.98 Å². The molecule has 24 heavy (non-hydrogen) atoms. The summed E-state index contributed by atoms with van der Waals surface area (Å²) in [7, 11) is 0. The second kappa shape index (κ2) is 7.65. The minimum atomic E-state index is -0.627. The first-order valence-electron chi connectivity index (χ1n) is 7.90. The minimum absolute atomic E-state index is 0. The fourth-order valence-corrected chi connectivity index (χ4v) is 3.16. The number of aromatic nitrogens is 2. The van der Waals surface area contributed by atoms with Crippen molar-refractivity contribution in [3.63, 3.8) is 0 Å². The van der Waals surface area contributed by atoms with E-state index in [0.717, 1.165) is 22.2 Å². The molecule has 3 nitrogen and oxygen atoms in total.